The van der Waals surface area contributed by atoms with Crippen LogP contribution in [0.3, 0.4) is 0 Å². The summed E-state index contributed by atoms with van der Waals surface area (Å²) in [6.45, 7) is 5.68. The molecular formula is C14H19BrN2O. The third-order valence-electron chi connectivity index (χ3n) is 2.80. The molecule has 98 valence electrons. The van der Waals surface area contributed by atoms with Crippen LogP contribution in [0, 0.1) is 11.3 Å². The summed E-state index contributed by atoms with van der Waals surface area (Å²) in [5.41, 5.74) is 2.82. The van der Waals surface area contributed by atoms with Gasteiger partial charge in [0.2, 0.25) is 0 Å². The fraction of sp³-hybridized carbons (Fsp3) is 0.500. The maximum absolute atomic E-state index is 9.27. The molecule has 0 bridgehead atoms. The molecular weight excluding hydrogens is 292 g/mol. The van der Waals surface area contributed by atoms with Gasteiger partial charge in [-0.1, -0.05) is 22.0 Å². The van der Waals surface area contributed by atoms with Gasteiger partial charge in [-0.15, -0.1) is 0 Å². The SMILES string of the molecule is COCCN(c1ccc(CBr)cc1C#N)C(C)C. The van der Waals surface area contributed by atoms with Gasteiger partial charge in [0.1, 0.15) is 6.07 Å². The standard InChI is InChI=1S/C14H19BrN2O/c1-11(2)17(6-7-18-3)14-5-4-12(9-15)8-13(14)10-16/h4-5,8,11H,6-7,9H2,1-3H3. The molecule has 0 atom stereocenters. The molecule has 0 aliphatic carbocycles. The third-order valence-corrected chi connectivity index (χ3v) is 3.45. The average Bonchev–Trinajstić information content (AvgIpc) is 2.38. The Bertz CT molecular complexity index is 426. The third kappa shape index (κ3) is 3.72. The minimum Gasteiger partial charge on any atom is -0.383 e. The predicted octanol–water partition coefficient (Wildman–Crippen LogP) is 3.31. The van der Waals surface area contributed by atoms with Gasteiger partial charge < -0.3 is 9.64 Å². The summed E-state index contributed by atoms with van der Waals surface area (Å²) < 4.78 is 5.13. The zero-order valence-corrected chi connectivity index (χ0v) is 12.7. The second-order valence-corrected chi connectivity index (χ2v) is 4.94. The van der Waals surface area contributed by atoms with Crippen molar-refractivity contribution >= 4 is 21.6 Å². The monoisotopic (exact) mass is 310 g/mol. The second-order valence-electron chi connectivity index (χ2n) is 4.38. The number of hydrogen-bond donors (Lipinski definition) is 0. The molecule has 4 heteroatoms. The number of benzene rings is 1. The van der Waals surface area contributed by atoms with Crippen LogP contribution in [0.2, 0.25) is 0 Å². The summed E-state index contributed by atoms with van der Waals surface area (Å²) in [5, 5.41) is 10.0. The quantitative estimate of drug-likeness (QED) is 0.756. The van der Waals surface area contributed by atoms with E-state index < -0.39 is 0 Å². The highest BCUT2D eigenvalue weighted by Crippen LogP contribution is 2.24. The van der Waals surface area contributed by atoms with Gasteiger partial charge in [0.15, 0.2) is 0 Å². The van der Waals surface area contributed by atoms with Crippen LogP contribution in [0.1, 0.15) is 25.0 Å². The maximum Gasteiger partial charge on any atom is 0.101 e. The molecule has 0 N–H and O–H groups in total. The van der Waals surface area contributed by atoms with Crippen molar-refractivity contribution in [2.45, 2.75) is 25.2 Å². The number of anilines is 1. The summed E-state index contributed by atoms with van der Waals surface area (Å²) in [6, 6.07) is 8.62. The van der Waals surface area contributed by atoms with Crippen molar-refractivity contribution in [1.82, 2.24) is 0 Å². The van der Waals surface area contributed by atoms with Gasteiger partial charge in [-0.3, -0.25) is 0 Å². The van der Waals surface area contributed by atoms with E-state index in [2.05, 4.69) is 40.7 Å². The van der Waals surface area contributed by atoms with Crippen molar-refractivity contribution in [3.8, 4) is 6.07 Å². The number of nitriles is 1. The smallest absolute Gasteiger partial charge is 0.101 e. The molecule has 0 saturated heterocycles. The van der Waals surface area contributed by atoms with Crippen molar-refractivity contribution in [2.24, 2.45) is 0 Å². The number of methoxy groups -OCH3 is 1. The summed E-state index contributed by atoms with van der Waals surface area (Å²) in [6.07, 6.45) is 0. The molecule has 0 heterocycles. The Balaban J connectivity index is 3.07. The van der Waals surface area contributed by atoms with E-state index in [-0.39, 0.29) is 0 Å². The van der Waals surface area contributed by atoms with E-state index in [1.54, 1.807) is 7.11 Å². The molecule has 1 aromatic carbocycles. The molecule has 0 aromatic heterocycles. The van der Waals surface area contributed by atoms with E-state index in [0.717, 1.165) is 28.7 Å². The first-order valence-electron chi connectivity index (χ1n) is 5.98. The Morgan fingerprint density at radius 3 is 2.67 bits per heavy atom. The van der Waals surface area contributed by atoms with Crippen molar-refractivity contribution in [2.75, 3.05) is 25.2 Å². The minimum absolute atomic E-state index is 0.335. The van der Waals surface area contributed by atoms with E-state index in [0.29, 0.717) is 12.6 Å². The molecule has 0 aliphatic heterocycles. The van der Waals surface area contributed by atoms with Gasteiger partial charge in [-0.25, -0.2) is 0 Å². The topological polar surface area (TPSA) is 36.3 Å². The zero-order valence-electron chi connectivity index (χ0n) is 11.1. The Hall–Kier alpha value is -1.05. The lowest BCUT2D eigenvalue weighted by Crippen LogP contribution is -2.34. The van der Waals surface area contributed by atoms with Crippen LogP contribution in [0.25, 0.3) is 0 Å². The molecule has 1 aromatic rings. The highest BCUT2D eigenvalue weighted by Gasteiger charge is 2.14. The molecule has 0 aliphatic rings. The number of hydrogen-bond acceptors (Lipinski definition) is 3. The first kappa shape index (κ1) is 15.0. The number of nitrogens with zero attached hydrogens (tertiary/aromatic N) is 2. The van der Waals surface area contributed by atoms with Crippen molar-refractivity contribution in [3.05, 3.63) is 29.3 Å². The highest BCUT2D eigenvalue weighted by molar-refractivity contribution is 9.08. The zero-order chi connectivity index (χ0) is 13.5. The molecule has 0 radical (unpaired) electrons. The largest absolute Gasteiger partial charge is 0.383 e. The summed E-state index contributed by atoms with van der Waals surface area (Å²) in [7, 11) is 1.69. The van der Waals surface area contributed by atoms with Gasteiger partial charge in [0, 0.05) is 25.0 Å². The first-order valence-corrected chi connectivity index (χ1v) is 7.10. The van der Waals surface area contributed by atoms with Gasteiger partial charge in [0.05, 0.1) is 17.9 Å². The average molecular weight is 311 g/mol. The molecule has 0 spiro atoms. The molecule has 18 heavy (non-hydrogen) atoms. The second kappa shape index (κ2) is 7.40. The molecule has 0 saturated carbocycles. The lowest BCUT2D eigenvalue weighted by atomic mass is 10.1. The summed E-state index contributed by atoms with van der Waals surface area (Å²) in [5.74, 6) is 0. The fourth-order valence-corrected chi connectivity index (χ4v) is 2.20. The summed E-state index contributed by atoms with van der Waals surface area (Å²) >= 11 is 3.41. The van der Waals surface area contributed by atoms with Gasteiger partial charge in [-0.05, 0) is 31.5 Å². The Labute approximate surface area is 117 Å². The van der Waals surface area contributed by atoms with Crippen molar-refractivity contribution in [3.63, 3.8) is 0 Å². The van der Waals surface area contributed by atoms with Gasteiger partial charge in [-0.2, -0.15) is 5.26 Å². The summed E-state index contributed by atoms with van der Waals surface area (Å²) in [4.78, 5) is 2.19. The number of rotatable bonds is 6. The van der Waals surface area contributed by atoms with Crippen LogP contribution in [-0.2, 0) is 10.1 Å². The van der Waals surface area contributed by atoms with Crippen LogP contribution >= 0.6 is 15.9 Å². The lowest BCUT2D eigenvalue weighted by molar-refractivity contribution is 0.204. The molecule has 0 unspecified atom stereocenters. The maximum atomic E-state index is 9.27. The minimum atomic E-state index is 0.335. The van der Waals surface area contributed by atoms with Crippen LogP contribution in [-0.4, -0.2) is 26.3 Å². The van der Waals surface area contributed by atoms with Crippen molar-refractivity contribution < 1.29 is 4.74 Å². The predicted molar refractivity (Wildman–Crippen MR) is 78.1 cm³/mol. The molecule has 0 amide bonds. The van der Waals surface area contributed by atoms with E-state index in [4.69, 9.17) is 4.74 Å². The van der Waals surface area contributed by atoms with E-state index in [1.807, 2.05) is 18.2 Å². The van der Waals surface area contributed by atoms with Crippen LogP contribution in [0.4, 0.5) is 5.69 Å². The molecule has 3 nitrogen and oxygen atoms in total. The fourth-order valence-electron chi connectivity index (χ4n) is 1.85. The van der Waals surface area contributed by atoms with E-state index >= 15 is 0 Å². The lowest BCUT2D eigenvalue weighted by Gasteiger charge is -2.29. The van der Waals surface area contributed by atoms with Crippen LogP contribution in [0.5, 0.6) is 0 Å². The number of halogens is 1. The molecule has 1 rings (SSSR count). The van der Waals surface area contributed by atoms with E-state index in [9.17, 15) is 5.26 Å². The Morgan fingerprint density at radius 2 is 2.17 bits per heavy atom. The van der Waals surface area contributed by atoms with Crippen LogP contribution < -0.4 is 4.90 Å². The normalized spacial score (nSPS) is 10.4. The number of alkyl halides is 1. The van der Waals surface area contributed by atoms with E-state index in [1.165, 1.54) is 0 Å². The Kier molecular flexibility index (Phi) is 6.17. The Morgan fingerprint density at radius 1 is 1.44 bits per heavy atom. The van der Waals surface area contributed by atoms with Crippen LogP contribution in [0.15, 0.2) is 18.2 Å². The molecule has 0 fully saturated rings. The van der Waals surface area contributed by atoms with Crippen molar-refractivity contribution in [1.29, 1.82) is 5.26 Å². The number of ether oxygens (including phenoxy) is 1. The highest BCUT2D eigenvalue weighted by atomic mass is 79.9. The van der Waals surface area contributed by atoms with Gasteiger partial charge >= 0.3 is 0 Å². The van der Waals surface area contributed by atoms with Gasteiger partial charge in [0.25, 0.3) is 0 Å². The first-order chi connectivity index (χ1) is 8.63.